The van der Waals surface area contributed by atoms with E-state index in [1.54, 1.807) is 0 Å². The van der Waals surface area contributed by atoms with Crippen LogP contribution in [0, 0.1) is 13.8 Å². The minimum Gasteiger partial charge on any atom is -0.0620 e. The molecule has 0 aliphatic carbocycles. The van der Waals surface area contributed by atoms with Crippen molar-refractivity contribution in [2.45, 2.75) is 13.8 Å². The molecule has 12 aromatic rings. The van der Waals surface area contributed by atoms with Crippen LogP contribution in [0.2, 0.25) is 0 Å². The Morgan fingerprint density at radius 2 is 0.241 bits per heavy atom. The Labute approximate surface area is 489 Å². The molecule has 0 bridgehead atoms. The van der Waals surface area contributed by atoms with Crippen LogP contribution >= 0.6 is 31.7 Å². The van der Waals surface area contributed by atoms with Crippen LogP contribution < -0.4 is 63.7 Å². The van der Waals surface area contributed by atoms with E-state index in [0.717, 1.165) is 0 Å². The smallest absolute Gasteiger partial charge is 0.0620 e. The summed E-state index contributed by atoms with van der Waals surface area (Å²) in [5.41, 5.74) is 2.63. The fourth-order valence-corrected chi connectivity index (χ4v) is 19.7. The van der Waals surface area contributed by atoms with E-state index in [2.05, 4.69) is 366 Å². The molecule has 0 nitrogen and oxygen atoms in total. The van der Waals surface area contributed by atoms with Gasteiger partial charge in [-0.15, -0.1) is 0 Å². The van der Waals surface area contributed by atoms with Gasteiger partial charge in [0.15, 0.2) is 0 Å². The second-order valence-electron chi connectivity index (χ2n) is 18.9. The van der Waals surface area contributed by atoms with E-state index in [1.807, 2.05) is 0 Å². The molecular formula is C74H68P4Pd+4. The molecule has 0 aliphatic rings. The third-order valence-corrected chi connectivity index (χ3v) is 24.2. The molecule has 0 saturated carbocycles. The van der Waals surface area contributed by atoms with Gasteiger partial charge < -0.3 is 0 Å². The van der Waals surface area contributed by atoms with Crippen LogP contribution in [0.15, 0.2) is 352 Å². The SMILES string of the molecule is Cc1ccc([PH+](c2ccccc2)c2ccccc2)cc1.Cc1ccc([PH+](c2ccccc2)c2ccccc2)cc1.[Pd].c1ccc([PH+](c2ccccc2)c2ccccc2)cc1.c1ccc([PH+](c2ccccc2)c2ccccc2)cc1. The fourth-order valence-electron chi connectivity index (χ4n) is 9.49. The molecule has 0 heterocycles. The maximum Gasteiger partial charge on any atom is 0.102 e. The van der Waals surface area contributed by atoms with Crippen molar-refractivity contribution in [2.75, 3.05) is 0 Å². The second-order valence-corrected chi connectivity index (χ2v) is 28.8. The normalized spacial score (nSPS) is 10.5. The van der Waals surface area contributed by atoms with Gasteiger partial charge in [0, 0.05) is 20.4 Å². The van der Waals surface area contributed by atoms with Crippen LogP contribution in [0.3, 0.4) is 0 Å². The van der Waals surface area contributed by atoms with Crippen molar-refractivity contribution in [1.29, 1.82) is 0 Å². The number of rotatable bonds is 12. The van der Waals surface area contributed by atoms with Gasteiger partial charge in [-0.2, -0.15) is 0 Å². The number of hydrogen-bond acceptors (Lipinski definition) is 0. The molecule has 0 radical (unpaired) electrons. The summed E-state index contributed by atoms with van der Waals surface area (Å²) in [6.45, 7) is 4.28. The first kappa shape index (κ1) is 58.2. The molecule has 0 fully saturated rings. The fraction of sp³-hybridized carbons (Fsp3) is 0.0270. The van der Waals surface area contributed by atoms with Gasteiger partial charge in [-0.1, -0.05) is 217 Å². The van der Waals surface area contributed by atoms with Crippen LogP contribution in [-0.4, -0.2) is 0 Å². The zero-order chi connectivity index (χ0) is 53.4. The van der Waals surface area contributed by atoms with Gasteiger partial charge in [-0.25, -0.2) is 0 Å². The summed E-state index contributed by atoms with van der Waals surface area (Å²) in [7, 11) is -3.54. The van der Waals surface area contributed by atoms with Crippen LogP contribution in [0.4, 0.5) is 0 Å². The Morgan fingerprint density at radius 3 is 0.354 bits per heavy atom. The molecule has 0 aliphatic heterocycles. The summed E-state index contributed by atoms with van der Waals surface area (Å²) in [4.78, 5) is 0. The summed E-state index contributed by atoms with van der Waals surface area (Å²) >= 11 is 0. The van der Waals surface area contributed by atoms with E-state index in [1.165, 1.54) is 74.8 Å². The third-order valence-electron chi connectivity index (χ3n) is 13.3. The third kappa shape index (κ3) is 17.0. The molecule has 0 N–H and O–H groups in total. The van der Waals surface area contributed by atoms with E-state index in [0.29, 0.717) is 0 Å². The van der Waals surface area contributed by atoms with Gasteiger partial charge in [0.25, 0.3) is 0 Å². The maximum absolute atomic E-state index is 2.28. The standard InChI is InChI=1S/2C19H17P.2C18H15P.Pd/c2*1-16-12-14-19(15-13-16)20(17-8-4-2-5-9-17)18-10-6-3-7-11-18;2*1-4-10-16(11-5-1)19(17-12-6-2-7-13-17)18-14-8-3-9-15-18;/h2*2-15H,1H3;2*1-15H;/p+4. The van der Waals surface area contributed by atoms with Crippen LogP contribution in [0.25, 0.3) is 0 Å². The van der Waals surface area contributed by atoms with Crippen molar-refractivity contribution in [3.8, 4) is 0 Å². The van der Waals surface area contributed by atoms with E-state index in [9.17, 15) is 0 Å². The molecule has 79 heavy (non-hydrogen) atoms. The largest absolute Gasteiger partial charge is 0.102 e. The minimum atomic E-state index is -0.894. The number of hydrogen-bond donors (Lipinski definition) is 0. The molecule has 0 unspecified atom stereocenters. The monoisotopic (exact) mass is 1190 g/mol. The molecular weight excluding hydrogens is 1120 g/mol. The van der Waals surface area contributed by atoms with E-state index in [-0.39, 0.29) is 20.4 Å². The van der Waals surface area contributed by atoms with Crippen LogP contribution in [-0.2, 0) is 20.4 Å². The first-order valence-electron chi connectivity index (χ1n) is 26.7. The summed E-state index contributed by atoms with van der Waals surface area (Å²) < 4.78 is 0. The van der Waals surface area contributed by atoms with Gasteiger partial charge in [0.1, 0.15) is 63.7 Å². The molecule has 0 saturated heterocycles. The zero-order valence-corrected chi connectivity index (χ0v) is 50.4. The maximum atomic E-state index is 2.28. The zero-order valence-electron chi connectivity index (χ0n) is 44.8. The average molecular weight is 1190 g/mol. The van der Waals surface area contributed by atoms with Gasteiger partial charge in [0.2, 0.25) is 0 Å². The Morgan fingerprint density at radius 1 is 0.139 bits per heavy atom. The first-order valence-corrected chi connectivity index (χ1v) is 32.7. The summed E-state index contributed by atoms with van der Waals surface area (Å²) in [6, 6.07) is 126. The molecule has 0 atom stereocenters. The van der Waals surface area contributed by atoms with Crippen molar-refractivity contribution in [2.24, 2.45) is 0 Å². The number of benzene rings is 12. The molecule has 12 aromatic carbocycles. The number of aryl methyl sites for hydroxylation is 2. The van der Waals surface area contributed by atoms with E-state index in [4.69, 9.17) is 0 Å². The van der Waals surface area contributed by atoms with Gasteiger partial charge in [0.05, 0.1) is 31.7 Å². The molecule has 0 amide bonds. The van der Waals surface area contributed by atoms with Crippen molar-refractivity contribution < 1.29 is 20.4 Å². The topological polar surface area (TPSA) is 0 Å². The Kier molecular flexibility index (Phi) is 23.3. The summed E-state index contributed by atoms with van der Waals surface area (Å²) in [5, 5.41) is 17.2. The van der Waals surface area contributed by atoms with Gasteiger partial charge in [-0.3, -0.25) is 0 Å². The average Bonchev–Trinajstić information content (AvgIpc) is 3.52. The van der Waals surface area contributed by atoms with Crippen molar-refractivity contribution >= 4 is 95.3 Å². The predicted molar refractivity (Wildman–Crippen MR) is 356 cm³/mol. The van der Waals surface area contributed by atoms with Crippen molar-refractivity contribution in [1.82, 2.24) is 0 Å². The minimum absolute atomic E-state index is 0. The molecule has 0 spiro atoms. The second kappa shape index (κ2) is 31.6. The molecule has 0 aromatic heterocycles. The summed E-state index contributed by atoms with van der Waals surface area (Å²) in [5.74, 6) is 0. The molecule has 390 valence electrons. The Hall–Kier alpha value is -6.98. The first-order chi connectivity index (χ1) is 38.6. The van der Waals surface area contributed by atoms with E-state index >= 15 is 0 Å². The van der Waals surface area contributed by atoms with Crippen LogP contribution in [0.5, 0.6) is 0 Å². The Bertz CT molecular complexity index is 3020. The van der Waals surface area contributed by atoms with Gasteiger partial charge in [-0.05, 0) is 159 Å². The van der Waals surface area contributed by atoms with E-state index < -0.39 is 31.7 Å². The van der Waals surface area contributed by atoms with Crippen LogP contribution in [0.1, 0.15) is 11.1 Å². The molecule has 5 heteroatoms. The Balaban J connectivity index is 0.000000138. The molecule has 12 rings (SSSR count). The van der Waals surface area contributed by atoms with Gasteiger partial charge >= 0.3 is 0 Å². The van der Waals surface area contributed by atoms with Crippen molar-refractivity contribution in [3.05, 3.63) is 363 Å². The quantitative estimate of drug-likeness (QED) is 0.0845. The van der Waals surface area contributed by atoms with Crippen molar-refractivity contribution in [3.63, 3.8) is 0 Å². The summed E-state index contributed by atoms with van der Waals surface area (Å²) in [6.07, 6.45) is 0. The predicted octanol–water partition coefficient (Wildman–Crippen LogP) is 13.3.